The molecule has 0 radical (unpaired) electrons. The van der Waals surface area contributed by atoms with Crippen molar-refractivity contribution < 1.29 is 4.79 Å². The maximum absolute atomic E-state index is 12.4. The Morgan fingerprint density at radius 1 is 1.26 bits per heavy atom. The summed E-state index contributed by atoms with van der Waals surface area (Å²) >= 11 is 1.78. The maximum atomic E-state index is 12.4. The Kier molecular flexibility index (Phi) is 4.29. The number of piperazine rings is 1. The zero-order valence-corrected chi connectivity index (χ0v) is 14.0. The van der Waals surface area contributed by atoms with Crippen LogP contribution in [-0.4, -0.2) is 59.5 Å². The number of carbonyl (C=O) groups excluding carboxylic acids is 1. The molecule has 1 unspecified atom stereocenters. The van der Waals surface area contributed by atoms with Crippen molar-refractivity contribution >= 4 is 27.5 Å². The number of fused-ring (bicyclic) bond motifs is 1. The second-order valence-corrected chi connectivity index (χ2v) is 7.44. The minimum atomic E-state index is 0.0609. The van der Waals surface area contributed by atoms with Gasteiger partial charge in [-0.2, -0.15) is 0 Å². The molecule has 2 aliphatic rings. The highest BCUT2D eigenvalue weighted by atomic mass is 32.1. The zero-order chi connectivity index (χ0) is 15.6. The van der Waals surface area contributed by atoms with Gasteiger partial charge in [0.1, 0.15) is 5.01 Å². The van der Waals surface area contributed by atoms with Gasteiger partial charge in [-0.3, -0.25) is 9.69 Å². The highest BCUT2D eigenvalue weighted by Gasteiger charge is 2.29. The van der Waals surface area contributed by atoms with Crippen LogP contribution in [0.1, 0.15) is 17.8 Å². The predicted molar refractivity (Wildman–Crippen MR) is 92.5 cm³/mol. The number of para-hydroxylation sites is 1. The van der Waals surface area contributed by atoms with Gasteiger partial charge < -0.3 is 10.2 Å². The normalized spacial score (nSPS) is 22.8. The molecular formula is C17H22N4OS. The molecule has 122 valence electrons. The number of rotatable bonds is 3. The first-order valence-corrected chi connectivity index (χ1v) is 9.20. The van der Waals surface area contributed by atoms with Crippen molar-refractivity contribution in [3.05, 3.63) is 29.3 Å². The molecule has 3 heterocycles. The Bertz CT molecular complexity index is 654. The van der Waals surface area contributed by atoms with Gasteiger partial charge in [0.2, 0.25) is 5.91 Å². The average Bonchev–Trinajstić information content (AvgIpc) is 3.24. The van der Waals surface area contributed by atoms with Gasteiger partial charge in [0.15, 0.2) is 0 Å². The van der Waals surface area contributed by atoms with E-state index in [9.17, 15) is 4.79 Å². The summed E-state index contributed by atoms with van der Waals surface area (Å²) in [6.07, 6.45) is 2.11. The maximum Gasteiger partial charge on any atom is 0.239 e. The molecule has 4 rings (SSSR count). The summed E-state index contributed by atoms with van der Waals surface area (Å²) in [5.41, 5.74) is 1.09. The third-order valence-electron chi connectivity index (χ3n) is 4.74. The third kappa shape index (κ3) is 3.24. The summed E-state index contributed by atoms with van der Waals surface area (Å²) in [4.78, 5) is 21.6. The van der Waals surface area contributed by atoms with Crippen molar-refractivity contribution in [1.29, 1.82) is 0 Å². The Morgan fingerprint density at radius 2 is 2.09 bits per heavy atom. The molecule has 6 heteroatoms. The standard InChI is InChI=1S/C17H22N4OS/c22-17(14-5-3-7-18-14)21-10-8-20(9-11-21)12-16-19-13-4-1-2-6-15(13)23-16/h1-2,4,6,14,18H,3,5,7-12H2. The molecule has 5 nitrogen and oxygen atoms in total. The van der Waals surface area contributed by atoms with E-state index < -0.39 is 0 Å². The Balaban J connectivity index is 1.33. The molecule has 23 heavy (non-hydrogen) atoms. The quantitative estimate of drug-likeness (QED) is 0.930. The summed E-state index contributed by atoms with van der Waals surface area (Å²) in [5, 5.41) is 4.48. The molecule has 2 saturated heterocycles. The molecule has 2 aromatic rings. The predicted octanol–water partition coefficient (Wildman–Crippen LogP) is 1.69. The number of benzene rings is 1. The number of nitrogens with zero attached hydrogens (tertiary/aromatic N) is 3. The fourth-order valence-corrected chi connectivity index (χ4v) is 4.43. The molecule has 1 amide bonds. The molecule has 1 aromatic heterocycles. The molecule has 2 aliphatic heterocycles. The Labute approximate surface area is 140 Å². The minimum absolute atomic E-state index is 0.0609. The SMILES string of the molecule is O=C(C1CCCN1)N1CCN(Cc2nc3ccccc3s2)CC1. The van der Waals surface area contributed by atoms with Crippen LogP contribution in [0.25, 0.3) is 10.2 Å². The number of hydrogen-bond acceptors (Lipinski definition) is 5. The zero-order valence-electron chi connectivity index (χ0n) is 13.2. The second-order valence-electron chi connectivity index (χ2n) is 6.33. The van der Waals surface area contributed by atoms with Crippen molar-refractivity contribution in [3.8, 4) is 0 Å². The van der Waals surface area contributed by atoms with E-state index in [-0.39, 0.29) is 6.04 Å². The molecule has 1 atom stereocenters. The Morgan fingerprint density at radius 3 is 2.83 bits per heavy atom. The highest BCUT2D eigenvalue weighted by Crippen LogP contribution is 2.23. The second kappa shape index (κ2) is 6.55. The number of hydrogen-bond donors (Lipinski definition) is 1. The number of thiazole rings is 1. The van der Waals surface area contributed by atoms with E-state index in [1.807, 2.05) is 11.0 Å². The molecular weight excluding hydrogens is 308 g/mol. The summed E-state index contributed by atoms with van der Waals surface area (Å²) in [6.45, 7) is 5.42. The summed E-state index contributed by atoms with van der Waals surface area (Å²) in [5.74, 6) is 0.294. The van der Waals surface area contributed by atoms with Crippen LogP contribution in [0.5, 0.6) is 0 Å². The number of aromatic nitrogens is 1. The minimum Gasteiger partial charge on any atom is -0.339 e. The largest absolute Gasteiger partial charge is 0.339 e. The van der Waals surface area contributed by atoms with Gasteiger partial charge in [0.25, 0.3) is 0 Å². The van der Waals surface area contributed by atoms with Crippen LogP contribution >= 0.6 is 11.3 Å². The first-order valence-electron chi connectivity index (χ1n) is 8.38. The average molecular weight is 330 g/mol. The number of amides is 1. The fraction of sp³-hybridized carbons (Fsp3) is 0.529. The van der Waals surface area contributed by atoms with Crippen LogP contribution < -0.4 is 5.32 Å². The summed E-state index contributed by atoms with van der Waals surface area (Å²) in [6, 6.07) is 8.35. The first kappa shape index (κ1) is 15.1. The van der Waals surface area contributed by atoms with E-state index in [1.54, 1.807) is 11.3 Å². The van der Waals surface area contributed by atoms with E-state index >= 15 is 0 Å². The van der Waals surface area contributed by atoms with Crippen LogP contribution in [0.15, 0.2) is 24.3 Å². The number of nitrogens with one attached hydrogen (secondary N) is 1. The Hall–Kier alpha value is -1.50. The lowest BCUT2D eigenvalue weighted by Gasteiger charge is -2.35. The van der Waals surface area contributed by atoms with E-state index in [0.29, 0.717) is 5.91 Å². The lowest BCUT2D eigenvalue weighted by molar-refractivity contribution is -0.134. The van der Waals surface area contributed by atoms with E-state index in [0.717, 1.165) is 57.6 Å². The fourth-order valence-electron chi connectivity index (χ4n) is 3.42. The first-order chi connectivity index (χ1) is 11.3. The lowest BCUT2D eigenvalue weighted by atomic mass is 10.2. The van der Waals surface area contributed by atoms with Crippen molar-refractivity contribution in [2.24, 2.45) is 0 Å². The molecule has 0 bridgehead atoms. The van der Waals surface area contributed by atoms with Crippen LogP contribution in [0.4, 0.5) is 0 Å². The van der Waals surface area contributed by atoms with Crippen LogP contribution in [-0.2, 0) is 11.3 Å². The third-order valence-corrected chi connectivity index (χ3v) is 5.76. The molecule has 1 aromatic carbocycles. The van der Waals surface area contributed by atoms with E-state index in [1.165, 1.54) is 9.71 Å². The van der Waals surface area contributed by atoms with Gasteiger partial charge in [0, 0.05) is 26.2 Å². The topological polar surface area (TPSA) is 48.5 Å². The van der Waals surface area contributed by atoms with Crippen LogP contribution in [0.3, 0.4) is 0 Å². The molecule has 0 aliphatic carbocycles. The van der Waals surface area contributed by atoms with Crippen LogP contribution in [0, 0.1) is 0 Å². The van der Waals surface area contributed by atoms with Gasteiger partial charge in [0.05, 0.1) is 22.8 Å². The van der Waals surface area contributed by atoms with Crippen molar-refractivity contribution in [2.75, 3.05) is 32.7 Å². The van der Waals surface area contributed by atoms with E-state index in [4.69, 9.17) is 4.98 Å². The summed E-state index contributed by atoms with van der Waals surface area (Å²) in [7, 11) is 0. The highest BCUT2D eigenvalue weighted by molar-refractivity contribution is 7.18. The number of carbonyl (C=O) groups is 1. The molecule has 0 spiro atoms. The van der Waals surface area contributed by atoms with Gasteiger partial charge in [-0.25, -0.2) is 4.98 Å². The van der Waals surface area contributed by atoms with Gasteiger partial charge in [-0.1, -0.05) is 12.1 Å². The van der Waals surface area contributed by atoms with Gasteiger partial charge in [-0.15, -0.1) is 11.3 Å². The van der Waals surface area contributed by atoms with Crippen molar-refractivity contribution in [1.82, 2.24) is 20.1 Å². The van der Waals surface area contributed by atoms with Crippen LogP contribution in [0.2, 0.25) is 0 Å². The summed E-state index contributed by atoms with van der Waals surface area (Å²) < 4.78 is 1.25. The van der Waals surface area contributed by atoms with E-state index in [2.05, 4.69) is 28.4 Å². The van der Waals surface area contributed by atoms with Crippen molar-refractivity contribution in [2.45, 2.75) is 25.4 Å². The molecule has 0 saturated carbocycles. The monoisotopic (exact) mass is 330 g/mol. The molecule has 2 fully saturated rings. The smallest absolute Gasteiger partial charge is 0.239 e. The van der Waals surface area contributed by atoms with Gasteiger partial charge >= 0.3 is 0 Å². The lowest BCUT2D eigenvalue weighted by Crippen LogP contribution is -2.52. The van der Waals surface area contributed by atoms with Gasteiger partial charge in [-0.05, 0) is 31.5 Å². The molecule has 1 N–H and O–H groups in total. The van der Waals surface area contributed by atoms with Crippen molar-refractivity contribution in [3.63, 3.8) is 0 Å².